The Morgan fingerprint density at radius 2 is 2.19 bits per heavy atom. The summed E-state index contributed by atoms with van der Waals surface area (Å²) in [6, 6.07) is 8.06. The number of aliphatic hydroxyl groups is 1. The molecule has 1 aromatic rings. The molecule has 1 fully saturated rings. The Morgan fingerprint density at radius 1 is 1.38 bits per heavy atom. The van der Waals surface area contributed by atoms with Crippen LogP contribution in [0.3, 0.4) is 0 Å². The number of hydrogen-bond donors (Lipinski definition) is 1. The van der Waals surface area contributed by atoms with Gasteiger partial charge in [-0.05, 0) is 25.0 Å². The summed E-state index contributed by atoms with van der Waals surface area (Å²) in [4.78, 5) is 16.3. The lowest BCUT2D eigenvalue weighted by Crippen LogP contribution is -2.39. The van der Waals surface area contributed by atoms with E-state index in [-0.39, 0.29) is 12.0 Å². The molecule has 2 atom stereocenters. The summed E-state index contributed by atoms with van der Waals surface area (Å²) in [5, 5.41) is 9.93. The zero-order valence-electron chi connectivity index (χ0n) is 12.4. The predicted molar refractivity (Wildman–Crippen MR) is 80.4 cm³/mol. The first kappa shape index (κ1) is 14.5. The highest BCUT2D eigenvalue weighted by Gasteiger charge is 2.34. The molecule has 0 saturated carbocycles. The third-order valence-electron chi connectivity index (χ3n) is 4.24. The number of carbonyl (C=O) groups is 1. The van der Waals surface area contributed by atoms with E-state index in [2.05, 4.69) is 6.07 Å². The Bertz CT molecular complexity index is 520. The molecule has 5 heteroatoms. The van der Waals surface area contributed by atoms with Crippen LogP contribution in [-0.2, 0) is 16.0 Å². The fraction of sp³-hybridized carbons (Fsp3) is 0.562. The van der Waals surface area contributed by atoms with Gasteiger partial charge in [0.25, 0.3) is 0 Å². The van der Waals surface area contributed by atoms with Gasteiger partial charge < -0.3 is 14.7 Å². The highest BCUT2D eigenvalue weighted by atomic mass is 16.5. The molecule has 1 aromatic carbocycles. The monoisotopic (exact) mass is 290 g/mol. The maximum absolute atomic E-state index is 12.5. The van der Waals surface area contributed by atoms with Crippen molar-refractivity contribution < 1.29 is 14.6 Å². The van der Waals surface area contributed by atoms with Crippen molar-refractivity contribution in [3.8, 4) is 0 Å². The van der Waals surface area contributed by atoms with Crippen LogP contribution in [0, 0.1) is 0 Å². The van der Waals surface area contributed by atoms with E-state index in [1.54, 1.807) is 0 Å². The molecule has 5 nitrogen and oxygen atoms in total. The number of hydrogen-bond acceptors (Lipinski definition) is 4. The number of fused-ring (bicyclic) bond motifs is 1. The average Bonchev–Trinajstić information content (AvgIpc) is 3.03. The second kappa shape index (κ2) is 6.13. The van der Waals surface area contributed by atoms with Crippen molar-refractivity contribution in [3.05, 3.63) is 29.8 Å². The first-order chi connectivity index (χ1) is 10.2. The van der Waals surface area contributed by atoms with Crippen LogP contribution in [0.25, 0.3) is 0 Å². The minimum atomic E-state index is -0.497. The van der Waals surface area contributed by atoms with Gasteiger partial charge in [-0.3, -0.25) is 9.69 Å². The van der Waals surface area contributed by atoms with E-state index in [4.69, 9.17) is 4.74 Å². The SMILES string of the molecule is CCO[C@@H]1CN(CC(=O)N2CCc3ccccc32)C[C@H]1O. The molecule has 0 aliphatic carbocycles. The van der Waals surface area contributed by atoms with E-state index < -0.39 is 6.10 Å². The van der Waals surface area contributed by atoms with Crippen LogP contribution in [0.15, 0.2) is 24.3 Å². The van der Waals surface area contributed by atoms with Crippen molar-refractivity contribution in [2.24, 2.45) is 0 Å². The smallest absolute Gasteiger partial charge is 0.241 e. The van der Waals surface area contributed by atoms with Gasteiger partial charge in [-0.2, -0.15) is 0 Å². The molecular formula is C16H22N2O3. The number of para-hydroxylation sites is 1. The molecule has 2 aliphatic heterocycles. The first-order valence-electron chi connectivity index (χ1n) is 7.59. The molecule has 0 radical (unpaired) electrons. The number of amides is 1. The molecule has 3 rings (SSSR count). The lowest BCUT2D eigenvalue weighted by Gasteiger charge is -2.21. The number of anilines is 1. The largest absolute Gasteiger partial charge is 0.389 e. The van der Waals surface area contributed by atoms with Crippen molar-refractivity contribution in [2.45, 2.75) is 25.6 Å². The average molecular weight is 290 g/mol. The number of rotatable bonds is 4. The van der Waals surface area contributed by atoms with Gasteiger partial charge in [0.1, 0.15) is 0 Å². The minimum Gasteiger partial charge on any atom is -0.389 e. The third kappa shape index (κ3) is 2.95. The summed E-state index contributed by atoms with van der Waals surface area (Å²) < 4.78 is 5.49. The summed E-state index contributed by atoms with van der Waals surface area (Å²) in [5.74, 6) is 0.101. The summed E-state index contributed by atoms with van der Waals surface area (Å²) in [5.41, 5.74) is 2.27. The molecule has 1 saturated heterocycles. The maximum atomic E-state index is 12.5. The summed E-state index contributed by atoms with van der Waals surface area (Å²) in [7, 11) is 0. The van der Waals surface area contributed by atoms with Gasteiger partial charge in [0.05, 0.1) is 18.8 Å². The standard InChI is InChI=1S/C16H22N2O3/c1-2-21-15-10-17(9-14(15)19)11-16(20)18-8-7-12-5-3-4-6-13(12)18/h3-6,14-15,19H,2,7-11H2,1H3/t14-,15-/m1/s1. The second-order valence-electron chi connectivity index (χ2n) is 5.68. The van der Waals surface area contributed by atoms with Crippen LogP contribution in [0.1, 0.15) is 12.5 Å². The third-order valence-corrected chi connectivity index (χ3v) is 4.24. The Kier molecular flexibility index (Phi) is 4.24. The molecule has 0 spiro atoms. The first-order valence-corrected chi connectivity index (χ1v) is 7.59. The van der Waals surface area contributed by atoms with Crippen molar-refractivity contribution >= 4 is 11.6 Å². The molecule has 0 bridgehead atoms. The number of benzene rings is 1. The summed E-state index contributed by atoms with van der Waals surface area (Å²) in [6.45, 7) is 4.73. The Labute approximate surface area is 125 Å². The number of carbonyl (C=O) groups excluding carboxylic acids is 1. The Balaban J connectivity index is 1.61. The van der Waals surface area contributed by atoms with Gasteiger partial charge in [0.2, 0.25) is 5.91 Å². The highest BCUT2D eigenvalue weighted by Crippen LogP contribution is 2.27. The van der Waals surface area contributed by atoms with E-state index in [0.29, 0.717) is 26.2 Å². The quantitative estimate of drug-likeness (QED) is 0.885. The van der Waals surface area contributed by atoms with E-state index in [1.165, 1.54) is 5.56 Å². The number of likely N-dealkylation sites (tertiary alicyclic amines) is 1. The van der Waals surface area contributed by atoms with Crippen molar-refractivity contribution in [1.82, 2.24) is 4.90 Å². The number of ether oxygens (including phenoxy) is 1. The molecule has 114 valence electrons. The summed E-state index contributed by atoms with van der Waals surface area (Å²) in [6.07, 6.45) is 0.254. The predicted octanol–water partition coefficient (Wildman–Crippen LogP) is 0.657. The van der Waals surface area contributed by atoms with Gasteiger partial charge in [-0.1, -0.05) is 18.2 Å². The van der Waals surface area contributed by atoms with Crippen LogP contribution in [-0.4, -0.2) is 60.9 Å². The van der Waals surface area contributed by atoms with Crippen LogP contribution in [0.5, 0.6) is 0 Å². The van der Waals surface area contributed by atoms with Gasteiger partial charge in [-0.25, -0.2) is 0 Å². The topological polar surface area (TPSA) is 53.0 Å². The molecule has 2 aliphatic rings. The zero-order chi connectivity index (χ0) is 14.8. The number of nitrogens with zero attached hydrogens (tertiary/aromatic N) is 2. The van der Waals surface area contributed by atoms with Crippen LogP contribution < -0.4 is 4.90 Å². The molecule has 2 heterocycles. The second-order valence-corrected chi connectivity index (χ2v) is 5.68. The van der Waals surface area contributed by atoms with E-state index >= 15 is 0 Å². The van der Waals surface area contributed by atoms with Gasteiger partial charge in [0, 0.05) is 31.9 Å². The molecule has 0 aromatic heterocycles. The Morgan fingerprint density at radius 3 is 3.00 bits per heavy atom. The van der Waals surface area contributed by atoms with Crippen molar-refractivity contribution in [2.75, 3.05) is 37.7 Å². The molecular weight excluding hydrogens is 268 g/mol. The van der Waals surface area contributed by atoms with E-state index in [1.807, 2.05) is 34.9 Å². The van der Waals surface area contributed by atoms with Gasteiger partial charge >= 0.3 is 0 Å². The van der Waals surface area contributed by atoms with Gasteiger partial charge in [0.15, 0.2) is 0 Å². The lowest BCUT2D eigenvalue weighted by molar-refractivity contribution is -0.119. The Hall–Kier alpha value is -1.43. The normalized spacial score (nSPS) is 25.3. The van der Waals surface area contributed by atoms with Crippen LogP contribution in [0.2, 0.25) is 0 Å². The molecule has 1 amide bonds. The number of β-amino-alcohol motifs (C(OH)–C–C–N with tert-alkyl or cyclic N) is 1. The summed E-state index contributed by atoms with van der Waals surface area (Å²) >= 11 is 0. The van der Waals surface area contributed by atoms with Gasteiger partial charge in [-0.15, -0.1) is 0 Å². The lowest BCUT2D eigenvalue weighted by atomic mass is 10.2. The fourth-order valence-corrected chi connectivity index (χ4v) is 3.21. The maximum Gasteiger partial charge on any atom is 0.241 e. The van der Waals surface area contributed by atoms with Crippen molar-refractivity contribution in [3.63, 3.8) is 0 Å². The minimum absolute atomic E-state index is 0.101. The van der Waals surface area contributed by atoms with E-state index in [0.717, 1.165) is 18.7 Å². The molecule has 0 unspecified atom stereocenters. The van der Waals surface area contributed by atoms with Crippen molar-refractivity contribution in [1.29, 1.82) is 0 Å². The highest BCUT2D eigenvalue weighted by molar-refractivity contribution is 5.96. The molecule has 1 N–H and O–H groups in total. The molecule has 21 heavy (non-hydrogen) atoms. The van der Waals surface area contributed by atoms with Crippen LogP contribution >= 0.6 is 0 Å². The fourth-order valence-electron chi connectivity index (χ4n) is 3.21. The zero-order valence-corrected chi connectivity index (χ0v) is 12.4. The van der Waals surface area contributed by atoms with E-state index in [9.17, 15) is 9.90 Å². The number of aliphatic hydroxyl groups excluding tert-OH is 1. The van der Waals surface area contributed by atoms with Crippen LogP contribution in [0.4, 0.5) is 5.69 Å².